The van der Waals surface area contributed by atoms with Crippen molar-refractivity contribution in [2.45, 2.75) is 25.3 Å². The van der Waals surface area contributed by atoms with Gasteiger partial charge in [0.2, 0.25) is 0 Å². The summed E-state index contributed by atoms with van der Waals surface area (Å²) in [5.74, 6) is -0.106. The summed E-state index contributed by atoms with van der Waals surface area (Å²) in [5, 5.41) is 6.98. The van der Waals surface area contributed by atoms with Gasteiger partial charge in [-0.25, -0.2) is 4.98 Å². The average Bonchev–Trinajstić information content (AvgIpc) is 3.17. The molecule has 0 aliphatic heterocycles. The molecule has 0 spiro atoms. The molecule has 0 amide bonds. The lowest BCUT2D eigenvalue weighted by atomic mass is 10.1. The summed E-state index contributed by atoms with van der Waals surface area (Å²) in [6.07, 6.45) is 2.63. The van der Waals surface area contributed by atoms with E-state index in [1.165, 1.54) is 7.11 Å². The van der Waals surface area contributed by atoms with Gasteiger partial charge in [0.05, 0.1) is 18.7 Å². The van der Waals surface area contributed by atoms with Gasteiger partial charge in [0.25, 0.3) is 0 Å². The molecule has 1 aliphatic rings. The molecule has 2 aromatic rings. The standard InChI is InChI=1S/C16H17ClN2O2S/c1-21-15(20)10-6-7-11(8-10)18-16-19-14(9-22-16)12-4-2-3-5-13(12)17/h2-5,9-11H,6-8H2,1H3,(H,18,19)/t10-,11+/m0/s1. The zero-order chi connectivity index (χ0) is 15.5. The van der Waals surface area contributed by atoms with Crippen LogP contribution in [0.1, 0.15) is 19.3 Å². The molecule has 2 atom stereocenters. The van der Waals surface area contributed by atoms with Crippen molar-refractivity contribution >= 4 is 34.0 Å². The number of hydrogen-bond donors (Lipinski definition) is 1. The maximum Gasteiger partial charge on any atom is 0.308 e. The van der Waals surface area contributed by atoms with Gasteiger partial charge in [0.1, 0.15) is 0 Å². The highest BCUT2D eigenvalue weighted by Gasteiger charge is 2.30. The van der Waals surface area contributed by atoms with Crippen LogP contribution in [0.4, 0.5) is 5.13 Å². The van der Waals surface area contributed by atoms with Gasteiger partial charge in [-0.05, 0) is 25.3 Å². The third-order valence-corrected chi connectivity index (χ3v) is 5.05. The zero-order valence-electron chi connectivity index (χ0n) is 12.2. The number of rotatable bonds is 4. The minimum atomic E-state index is -0.111. The zero-order valence-corrected chi connectivity index (χ0v) is 13.8. The summed E-state index contributed by atoms with van der Waals surface area (Å²) in [4.78, 5) is 16.2. The van der Waals surface area contributed by atoms with Crippen LogP contribution < -0.4 is 5.32 Å². The van der Waals surface area contributed by atoms with Gasteiger partial charge in [-0.3, -0.25) is 4.79 Å². The first-order valence-electron chi connectivity index (χ1n) is 7.22. The number of carbonyl (C=O) groups is 1. The molecule has 22 heavy (non-hydrogen) atoms. The molecule has 116 valence electrons. The second-order valence-corrected chi connectivity index (χ2v) is 6.66. The Labute approximate surface area is 138 Å². The van der Waals surface area contributed by atoms with Gasteiger partial charge in [-0.15, -0.1) is 11.3 Å². The lowest BCUT2D eigenvalue weighted by Gasteiger charge is -2.11. The smallest absolute Gasteiger partial charge is 0.308 e. The summed E-state index contributed by atoms with van der Waals surface area (Å²) >= 11 is 7.76. The number of hydrogen-bond acceptors (Lipinski definition) is 5. The summed E-state index contributed by atoms with van der Waals surface area (Å²) in [7, 11) is 1.44. The molecule has 0 unspecified atom stereocenters. The molecule has 1 aliphatic carbocycles. The van der Waals surface area contributed by atoms with E-state index in [0.717, 1.165) is 35.7 Å². The van der Waals surface area contributed by atoms with Crippen LogP contribution in [0.2, 0.25) is 5.02 Å². The maximum atomic E-state index is 11.6. The molecule has 3 rings (SSSR count). The molecule has 0 bridgehead atoms. The third kappa shape index (κ3) is 3.25. The molecule has 1 heterocycles. The van der Waals surface area contributed by atoms with Gasteiger partial charge >= 0.3 is 5.97 Å². The fraction of sp³-hybridized carbons (Fsp3) is 0.375. The highest BCUT2D eigenvalue weighted by atomic mass is 35.5. The van der Waals surface area contributed by atoms with Crippen molar-refractivity contribution < 1.29 is 9.53 Å². The predicted octanol–water partition coefficient (Wildman–Crippen LogP) is 4.22. The van der Waals surface area contributed by atoms with Crippen LogP contribution in [-0.4, -0.2) is 24.1 Å². The Kier molecular flexibility index (Phi) is 4.64. The monoisotopic (exact) mass is 336 g/mol. The molecule has 6 heteroatoms. The Hall–Kier alpha value is -1.59. The summed E-state index contributed by atoms with van der Waals surface area (Å²) in [6.45, 7) is 0. The van der Waals surface area contributed by atoms with E-state index in [-0.39, 0.29) is 17.9 Å². The van der Waals surface area contributed by atoms with Gasteiger partial charge in [0.15, 0.2) is 5.13 Å². The molecule has 0 radical (unpaired) electrons. The lowest BCUT2D eigenvalue weighted by Crippen LogP contribution is -2.18. The first-order valence-corrected chi connectivity index (χ1v) is 8.48. The van der Waals surface area contributed by atoms with Crippen LogP contribution >= 0.6 is 22.9 Å². The fourth-order valence-corrected chi connectivity index (χ4v) is 3.82. The van der Waals surface area contributed by atoms with Gasteiger partial charge in [-0.1, -0.05) is 29.8 Å². The molecular formula is C16H17ClN2O2S. The number of ether oxygens (including phenoxy) is 1. The van der Waals surface area contributed by atoms with Crippen LogP contribution in [0.3, 0.4) is 0 Å². The summed E-state index contributed by atoms with van der Waals surface area (Å²) in [5.41, 5.74) is 1.81. The van der Waals surface area contributed by atoms with Crippen LogP contribution in [0.25, 0.3) is 11.3 Å². The van der Waals surface area contributed by atoms with Crippen molar-refractivity contribution in [2.75, 3.05) is 12.4 Å². The normalized spacial score (nSPS) is 20.8. The first-order chi connectivity index (χ1) is 10.7. The van der Waals surface area contributed by atoms with E-state index in [1.807, 2.05) is 29.6 Å². The molecule has 1 aromatic heterocycles. The molecule has 1 saturated carbocycles. The van der Waals surface area contributed by atoms with Crippen molar-refractivity contribution in [1.29, 1.82) is 0 Å². The molecule has 4 nitrogen and oxygen atoms in total. The van der Waals surface area contributed by atoms with E-state index in [9.17, 15) is 4.79 Å². The largest absolute Gasteiger partial charge is 0.469 e. The third-order valence-electron chi connectivity index (χ3n) is 3.95. The van der Waals surface area contributed by atoms with Gasteiger partial charge in [0, 0.05) is 22.0 Å². The summed E-state index contributed by atoms with van der Waals surface area (Å²) < 4.78 is 4.81. The predicted molar refractivity (Wildman–Crippen MR) is 89.3 cm³/mol. The number of halogens is 1. The number of benzene rings is 1. The Balaban J connectivity index is 1.66. The minimum absolute atomic E-state index is 0.00509. The second-order valence-electron chi connectivity index (χ2n) is 5.39. The van der Waals surface area contributed by atoms with Gasteiger partial charge in [-0.2, -0.15) is 0 Å². The van der Waals surface area contributed by atoms with E-state index in [2.05, 4.69) is 10.3 Å². The molecular weight excluding hydrogens is 320 g/mol. The molecule has 1 N–H and O–H groups in total. The topological polar surface area (TPSA) is 51.2 Å². The van der Waals surface area contributed by atoms with Crippen molar-refractivity contribution in [3.8, 4) is 11.3 Å². The number of methoxy groups -OCH3 is 1. The number of esters is 1. The average molecular weight is 337 g/mol. The van der Waals surface area contributed by atoms with Crippen LogP contribution in [0, 0.1) is 5.92 Å². The number of aromatic nitrogens is 1. The highest BCUT2D eigenvalue weighted by Crippen LogP contribution is 2.33. The summed E-state index contributed by atoms with van der Waals surface area (Å²) in [6, 6.07) is 7.95. The SMILES string of the molecule is COC(=O)[C@H]1CC[C@@H](Nc2nc(-c3ccccc3Cl)cs2)C1. The Morgan fingerprint density at radius 1 is 1.41 bits per heavy atom. The van der Waals surface area contributed by atoms with Crippen LogP contribution in [0.5, 0.6) is 0 Å². The Morgan fingerprint density at radius 3 is 3.00 bits per heavy atom. The minimum Gasteiger partial charge on any atom is -0.469 e. The van der Waals surface area contributed by atoms with Crippen LogP contribution in [0.15, 0.2) is 29.6 Å². The Bertz CT molecular complexity index is 674. The first kappa shape index (κ1) is 15.3. The Morgan fingerprint density at radius 2 is 2.23 bits per heavy atom. The van der Waals surface area contributed by atoms with Crippen molar-refractivity contribution in [3.05, 3.63) is 34.7 Å². The van der Waals surface area contributed by atoms with Gasteiger partial charge < -0.3 is 10.1 Å². The van der Waals surface area contributed by atoms with E-state index < -0.39 is 0 Å². The number of thiazole rings is 1. The number of carbonyl (C=O) groups excluding carboxylic acids is 1. The second kappa shape index (κ2) is 6.67. The molecule has 1 fully saturated rings. The van der Waals surface area contributed by atoms with E-state index >= 15 is 0 Å². The number of nitrogens with zero attached hydrogens (tertiary/aromatic N) is 1. The fourth-order valence-electron chi connectivity index (χ4n) is 2.80. The van der Waals surface area contributed by atoms with Crippen molar-refractivity contribution in [2.24, 2.45) is 5.92 Å². The molecule has 1 aromatic carbocycles. The van der Waals surface area contributed by atoms with E-state index in [1.54, 1.807) is 11.3 Å². The molecule has 0 saturated heterocycles. The number of nitrogens with one attached hydrogen (secondary N) is 1. The van der Waals surface area contributed by atoms with Crippen molar-refractivity contribution in [3.63, 3.8) is 0 Å². The highest BCUT2D eigenvalue weighted by molar-refractivity contribution is 7.14. The van der Waals surface area contributed by atoms with E-state index in [0.29, 0.717) is 5.02 Å². The number of anilines is 1. The maximum absolute atomic E-state index is 11.6. The quantitative estimate of drug-likeness (QED) is 0.849. The van der Waals surface area contributed by atoms with Crippen LogP contribution in [-0.2, 0) is 9.53 Å². The van der Waals surface area contributed by atoms with E-state index in [4.69, 9.17) is 16.3 Å². The lowest BCUT2D eigenvalue weighted by molar-refractivity contribution is -0.145. The van der Waals surface area contributed by atoms with Crippen molar-refractivity contribution in [1.82, 2.24) is 4.98 Å².